The van der Waals surface area contributed by atoms with Crippen molar-refractivity contribution in [1.29, 1.82) is 0 Å². The van der Waals surface area contributed by atoms with Gasteiger partial charge in [-0.25, -0.2) is 0 Å². The number of halogens is 9. The molecule has 0 amide bonds. The zero-order valence-electron chi connectivity index (χ0n) is 13.1. The van der Waals surface area contributed by atoms with Crippen LogP contribution in [-0.4, -0.2) is 30.9 Å². The fraction of sp³-hybridized carbons (Fsp3) is 0.400. The average molecular weight is 626 g/mol. The fourth-order valence-electron chi connectivity index (χ4n) is 0.534. The summed E-state index contributed by atoms with van der Waals surface area (Å²) in [5.74, 6) is 4.95. The topological polar surface area (TPSA) is 0 Å². The van der Waals surface area contributed by atoms with Gasteiger partial charge >= 0.3 is 63.6 Å². The molecule has 0 unspecified atom stereocenters. The normalized spacial score (nSPS) is 10.5. The molecule has 13 heteroatoms. The maximum absolute atomic E-state index is 5.23. The van der Waals surface area contributed by atoms with Gasteiger partial charge in [-0.1, -0.05) is 35.9 Å². The molecule has 0 aliphatic rings. The predicted octanol–water partition coefficient (Wildman–Crippen LogP) is 8.81. The van der Waals surface area contributed by atoms with Gasteiger partial charge < -0.3 is 90.4 Å². The van der Waals surface area contributed by atoms with Crippen LogP contribution in [-0.2, 0) is 32.7 Å². The van der Waals surface area contributed by atoms with Gasteiger partial charge in [0.1, 0.15) is 0 Å². The van der Waals surface area contributed by atoms with Crippen LogP contribution >= 0.6 is 90.4 Å². The van der Waals surface area contributed by atoms with E-state index >= 15 is 0 Å². The molecule has 0 bridgehead atoms. The molecular formula is C10H17Al3Cl9Y. The Balaban J connectivity index is -0.000000105. The first kappa shape index (κ1) is 35.0. The summed E-state index contributed by atoms with van der Waals surface area (Å²) >= 11 is 0. The smallest absolute Gasteiger partial charge is 0.407 e. The van der Waals surface area contributed by atoms with Crippen molar-refractivity contribution in [3.05, 3.63) is 35.9 Å². The molecule has 0 nitrogen and oxygen atoms in total. The summed E-state index contributed by atoms with van der Waals surface area (Å²) < 4.78 is 0. The van der Waals surface area contributed by atoms with Gasteiger partial charge in [0.05, 0.1) is 0 Å². The Morgan fingerprint density at radius 2 is 0.739 bits per heavy atom. The van der Waals surface area contributed by atoms with Gasteiger partial charge in [0, 0.05) is 0 Å². The van der Waals surface area contributed by atoms with Crippen molar-refractivity contribution in [3.8, 4) is 0 Å². The van der Waals surface area contributed by atoms with E-state index < -0.39 is 30.9 Å². The Morgan fingerprint density at radius 3 is 0.826 bits per heavy atom. The second-order valence-electron chi connectivity index (χ2n) is 4.36. The monoisotopic (exact) mass is 622 g/mol. The van der Waals surface area contributed by atoms with Gasteiger partial charge in [-0.2, -0.15) is 17.4 Å². The molecule has 23 heavy (non-hydrogen) atoms. The standard InChI is InChI=1S/C7H8.3CH3.3Al.9ClH.Y/c1-7-5-3-2-4-6-7;;;;;;;;;;;;;;;;/h2-6H,1H3;3*1H3;;;;9*1H;/q;;;;3*+2;;;;;;;;;;+3/p-9. The maximum atomic E-state index is 5.23. The van der Waals surface area contributed by atoms with Crippen molar-refractivity contribution in [2.24, 2.45) is 0 Å². The minimum atomic E-state index is -2.42. The van der Waals surface area contributed by atoms with Crippen LogP contribution in [0.3, 0.4) is 0 Å². The number of rotatable bonds is 0. The van der Waals surface area contributed by atoms with E-state index in [1.54, 1.807) is 17.4 Å². The number of benzene rings is 1. The Kier molecular flexibility index (Phi) is 28.2. The Morgan fingerprint density at radius 1 is 0.565 bits per heavy atom. The Bertz CT molecular complexity index is 316. The summed E-state index contributed by atoms with van der Waals surface area (Å²) in [7, 11) is 39.8. The van der Waals surface area contributed by atoms with Crippen molar-refractivity contribution in [3.63, 3.8) is 0 Å². The van der Waals surface area contributed by atoms with E-state index in [1.165, 1.54) is 5.56 Å². The van der Waals surface area contributed by atoms with Crippen LogP contribution in [0, 0.1) is 6.92 Å². The second kappa shape index (κ2) is 18.6. The van der Waals surface area contributed by atoms with E-state index in [0.29, 0.717) is 0 Å². The molecule has 1 rings (SSSR count). The summed E-state index contributed by atoms with van der Waals surface area (Å²) in [4.78, 5) is 0. The molecule has 0 aromatic heterocycles. The molecule has 0 N–H and O–H groups in total. The molecule has 0 fully saturated rings. The molecule has 0 saturated carbocycles. The zero-order chi connectivity index (χ0) is 18.6. The molecule has 0 radical (unpaired) electrons. The molecule has 132 valence electrons. The Labute approximate surface area is 210 Å². The van der Waals surface area contributed by atoms with Gasteiger partial charge in [0.2, 0.25) is 0 Å². The van der Waals surface area contributed by atoms with Gasteiger partial charge in [-0.05, 0) is 6.92 Å². The number of hydrogen-bond donors (Lipinski definition) is 0. The summed E-state index contributed by atoms with van der Waals surface area (Å²) in [6.45, 7) is 2.08. The van der Waals surface area contributed by atoms with Crippen molar-refractivity contribution in [1.82, 2.24) is 0 Å². The molecular weight excluding hydrogens is 609 g/mol. The minimum Gasteiger partial charge on any atom is -0.407 e. The predicted molar refractivity (Wildman–Crippen MR) is 119 cm³/mol. The molecule has 1 aromatic carbocycles. The quantitative estimate of drug-likeness (QED) is 0.253. The number of hydrogen-bond acceptors (Lipinski definition) is 0. The SMILES string of the molecule is Cc1ccccc1.[CH3][Al-]([Cl])([Cl])[Cl].[CH3][Al-]([Cl])([Cl])[Cl].[CH3][Al-]([Cl])([Cl])[Cl].[Y+3]. The summed E-state index contributed by atoms with van der Waals surface area (Å²) in [6.07, 6.45) is 0. The first-order valence-electron chi connectivity index (χ1n) is 6.11. The van der Waals surface area contributed by atoms with E-state index in [1.807, 2.05) is 18.2 Å². The van der Waals surface area contributed by atoms with E-state index in [2.05, 4.69) is 19.1 Å². The van der Waals surface area contributed by atoms with Gasteiger partial charge in [-0.3, -0.25) is 0 Å². The van der Waals surface area contributed by atoms with Crippen molar-refractivity contribution in [2.75, 3.05) is 0 Å². The molecule has 0 aliphatic heterocycles. The number of aryl methyl sites for hydroxylation is 1. The zero-order valence-corrected chi connectivity index (χ0v) is 26.2. The first-order chi connectivity index (χ1) is 9.39. The van der Waals surface area contributed by atoms with Crippen LogP contribution in [0.15, 0.2) is 30.3 Å². The van der Waals surface area contributed by atoms with Crippen molar-refractivity contribution >= 4 is 121 Å². The van der Waals surface area contributed by atoms with Crippen LogP contribution in [0.4, 0.5) is 0 Å². The van der Waals surface area contributed by atoms with Crippen LogP contribution in [0.1, 0.15) is 5.56 Å². The summed E-state index contributed by atoms with van der Waals surface area (Å²) in [5.41, 5.74) is 1.32. The third kappa shape index (κ3) is 102. The van der Waals surface area contributed by atoms with Crippen LogP contribution in [0.25, 0.3) is 0 Å². The van der Waals surface area contributed by atoms with E-state index in [0.717, 1.165) is 0 Å². The van der Waals surface area contributed by atoms with Crippen LogP contribution in [0.2, 0.25) is 17.4 Å². The molecule has 0 aliphatic carbocycles. The largest absolute Gasteiger partial charge is 3.00 e. The first-order valence-corrected chi connectivity index (χ1v) is 25.3. The molecule has 0 atom stereocenters. The van der Waals surface area contributed by atoms with E-state index in [-0.39, 0.29) is 32.7 Å². The third-order valence-electron chi connectivity index (χ3n) is 0.940. The van der Waals surface area contributed by atoms with Gasteiger partial charge in [-0.15, -0.1) is 0 Å². The van der Waals surface area contributed by atoms with Gasteiger partial charge in [0.25, 0.3) is 0 Å². The van der Waals surface area contributed by atoms with Gasteiger partial charge in [0.15, 0.2) is 0 Å². The summed E-state index contributed by atoms with van der Waals surface area (Å²) in [5, 5.41) is 0. The molecule has 1 aromatic rings. The fourth-order valence-corrected chi connectivity index (χ4v) is 0.534. The maximum Gasteiger partial charge on any atom is 3.00 e. The molecule has 0 saturated heterocycles. The van der Waals surface area contributed by atoms with Crippen molar-refractivity contribution < 1.29 is 32.7 Å². The van der Waals surface area contributed by atoms with E-state index in [9.17, 15) is 0 Å². The third-order valence-corrected chi connectivity index (χ3v) is 0.940. The second-order valence-corrected chi connectivity index (χ2v) is 39.4. The Hall–Kier alpha value is 4.53. The van der Waals surface area contributed by atoms with E-state index in [4.69, 9.17) is 90.4 Å². The van der Waals surface area contributed by atoms with Crippen molar-refractivity contribution in [2.45, 2.75) is 24.3 Å². The molecule has 0 spiro atoms. The molecule has 0 heterocycles. The average Bonchev–Trinajstić information content (AvgIpc) is 2.09. The van der Waals surface area contributed by atoms with Crippen LogP contribution in [0.5, 0.6) is 0 Å². The minimum absolute atomic E-state index is 0. The summed E-state index contributed by atoms with van der Waals surface area (Å²) in [6, 6.07) is 10.3. The van der Waals surface area contributed by atoms with Crippen LogP contribution < -0.4 is 0 Å².